The molecule has 1 aromatic carbocycles. The predicted molar refractivity (Wildman–Crippen MR) is 101 cm³/mol. The summed E-state index contributed by atoms with van der Waals surface area (Å²) in [4.78, 5) is 24.5. The molecule has 1 amide bonds. The van der Waals surface area contributed by atoms with Crippen molar-refractivity contribution in [3.63, 3.8) is 0 Å². The maximum absolute atomic E-state index is 12.2. The number of halogens is 1. The monoisotopic (exact) mass is 374 g/mol. The van der Waals surface area contributed by atoms with Gasteiger partial charge >= 0.3 is 0 Å². The minimum atomic E-state index is -0.0635. The smallest absolute Gasteiger partial charge is 0.240 e. The summed E-state index contributed by atoms with van der Waals surface area (Å²) in [5.74, 6) is 0.291. The molecule has 4 rings (SSSR count). The fourth-order valence-corrected chi connectivity index (χ4v) is 4.60. The van der Waals surface area contributed by atoms with E-state index in [1.54, 1.807) is 11.8 Å². The van der Waals surface area contributed by atoms with E-state index < -0.39 is 0 Å². The molecule has 1 unspecified atom stereocenters. The molecular weight excluding hydrogens is 356 g/mol. The highest BCUT2D eigenvalue weighted by molar-refractivity contribution is 7.99. The van der Waals surface area contributed by atoms with Gasteiger partial charge in [0, 0.05) is 32.5 Å². The summed E-state index contributed by atoms with van der Waals surface area (Å²) in [7, 11) is 0. The van der Waals surface area contributed by atoms with E-state index in [0.29, 0.717) is 17.5 Å². The lowest BCUT2D eigenvalue weighted by Crippen LogP contribution is -2.31. The molecule has 2 aliphatic rings. The molecule has 2 aliphatic heterocycles. The zero-order chi connectivity index (χ0) is 17.4. The van der Waals surface area contributed by atoms with E-state index in [1.165, 1.54) is 0 Å². The molecule has 0 radical (unpaired) electrons. The van der Waals surface area contributed by atoms with Crippen molar-refractivity contribution in [1.29, 1.82) is 0 Å². The van der Waals surface area contributed by atoms with E-state index in [-0.39, 0.29) is 11.2 Å². The van der Waals surface area contributed by atoms with Crippen molar-refractivity contribution >= 4 is 35.2 Å². The molecule has 130 valence electrons. The second-order valence-corrected chi connectivity index (χ2v) is 8.25. The first-order chi connectivity index (χ1) is 12.1. The molecule has 0 aliphatic carbocycles. The van der Waals surface area contributed by atoms with E-state index in [9.17, 15) is 4.79 Å². The summed E-state index contributed by atoms with van der Waals surface area (Å²) in [6.07, 6.45) is 4.14. The van der Waals surface area contributed by atoms with Crippen molar-refractivity contribution in [2.75, 3.05) is 25.0 Å². The molecule has 7 heteroatoms. The van der Waals surface area contributed by atoms with Gasteiger partial charge in [-0.15, -0.1) is 11.8 Å². The van der Waals surface area contributed by atoms with Crippen molar-refractivity contribution in [3.05, 3.63) is 35.0 Å². The molecular formula is C18H19ClN4OS. The van der Waals surface area contributed by atoms with Crippen LogP contribution in [0, 0.1) is 0 Å². The van der Waals surface area contributed by atoms with Crippen LogP contribution in [0.5, 0.6) is 0 Å². The highest BCUT2D eigenvalue weighted by Crippen LogP contribution is 2.48. The Balaban J connectivity index is 1.60. The lowest BCUT2D eigenvalue weighted by atomic mass is 10.0. The molecule has 0 saturated carbocycles. The number of benzene rings is 1. The van der Waals surface area contributed by atoms with E-state index >= 15 is 0 Å². The van der Waals surface area contributed by atoms with Gasteiger partial charge in [-0.1, -0.05) is 11.6 Å². The number of carbonyl (C=O) groups excluding carboxylic acids is 1. The number of hydrogen-bond acceptors (Lipinski definition) is 5. The molecule has 1 atom stereocenters. The Bertz CT molecular complexity index is 823. The van der Waals surface area contributed by atoms with Gasteiger partial charge in [-0.2, -0.15) is 0 Å². The SMILES string of the molecule is CC1Sc2ccc(Cl)cc2-c2nc(NC(=O)CN3CCCC3)ncc21. The van der Waals surface area contributed by atoms with Crippen LogP contribution >= 0.6 is 23.4 Å². The minimum absolute atomic E-state index is 0.0635. The number of thioether (sulfide) groups is 1. The maximum atomic E-state index is 12.2. The van der Waals surface area contributed by atoms with Crippen LogP contribution in [0.25, 0.3) is 11.3 Å². The third-order valence-corrected chi connectivity index (χ3v) is 6.03. The van der Waals surface area contributed by atoms with Crippen LogP contribution in [0.2, 0.25) is 5.02 Å². The number of aromatic nitrogens is 2. The van der Waals surface area contributed by atoms with Crippen molar-refractivity contribution in [2.45, 2.75) is 29.9 Å². The summed E-state index contributed by atoms with van der Waals surface area (Å²) < 4.78 is 0. The summed E-state index contributed by atoms with van der Waals surface area (Å²) in [5.41, 5.74) is 2.93. The summed E-state index contributed by atoms with van der Waals surface area (Å²) in [6.45, 7) is 4.50. The Morgan fingerprint density at radius 3 is 3.00 bits per heavy atom. The second-order valence-electron chi connectivity index (χ2n) is 6.43. The molecule has 1 fully saturated rings. The predicted octanol–water partition coefficient (Wildman–Crippen LogP) is 4.00. The first kappa shape index (κ1) is 16.8. The van der Waals surface area contributed by atoms with E-state index in [0.717, 1.165) is 47.6 Å². The molecule has 0 bridgehead atoms. The number of rotatable bonds is 3. The zero-order valence-corrected chi connectivity index (χ0v) is 15.5. The number of anilines is 1. The van der Waals surface area contributed by atoms with E-state index in [2.05, 4.69) is 27.1 Å². The molecule has 5 nitrogen and oxygen atoms in total. The van der Waals surface area contributed by atoms with Gasteiger partial charge in [-0.05, 0) is 51.1 Å². The average Bonchev–Trinajstić information content (AvgIpc) is 3.08. The fraction of sp³-hybridized carbons (Fsp3) is 0.389. The van der Waals surface area contributed by atoms with Crippen molar-refractivity contribution in [3.8, 4) is 11.3 Å². The van der Waals surface area contributed by atoms with Gasteiger partial charge in [-0.25, -0.2) is 9.97 Å². The lowest BCUT2D eigenvalue weighted by Gasteiger charge is -2.24. The Hall–Kier alpha value is -1.63. The number of hydrogen-bond donors (Lipinski definition) is 1. The maximum Gasteiger partial charge on any atom is 0.240 e. The molecule has 1 N–H and O–H groups in total. The van der Waals surface area contributed by atoms with E-state index in [1.807, 2.05) is 24.4 Å². The molecule has 2 aromatic rings. The van der Waals surface area contributed by atoms with Gasteiger partial charge in [0.15, 0.2) is 0 Å². The van der Waals surface area contributed by atoms with Gasteiger partial charge in [0.25, 0.3) is 0 Å². The molecule has 1 aromatic heterocycles. The first-order valence-corrected chi connectivity index (χ1v) is 9.71. The van der Waals surface area contributed by atoms with Gasteiger partial charge < -0.3 is 0 Å². The lowest BCUT2D eigenvalue weighted by molar-refractivity contribution is -0.117. The van der Waals surface area contributed by atoms with Crippen LogP contribution < -0.4 is 5.32 Å². The third-order valence-electron chi connectivity index (χ3n) is 4.57. The quantitative estimate of drug-likeness (QED) is 0.879. The van der Waals surface area contributed by atoms with Gasteiger partial charge in [0.2, 0.25) is 11.9 Å². The Kier molecular flexibility index (Phi) is 4.67. The second kappa shape index (κ2) is 6.94. The molecule has 25 heavy (non-hydrogen) atoms. The third kappa shape index (κ3) is 3.52. The average molecular weight is 375 g/mol. The molecule has 3 heterocycles. The van der Waals surface area contributed by atoms with Crippen molar-refractivity contribution in [1.82, 2.24) is 14.9 Å². The Morgan fingerprint density at radius 2 is 2.20 bits per heavy atom. The highest BCUT2D eigenvalue weighted by atomic mass is 35.5. The van der Waals surface area contributed by atoms with Crippen LogP contribution in [0.3, 0.4) is 0 Å². The topological polar surface area (TPSA) is 58.1 Å². The van der Waals surface area contributed by atoms with E-state index in [4.69, 9.17) is 11.6 Å². The summed E-state index contributed by atoms with van der Waals surface area (Å²) in [6, 6.07) is 5.85. The number of amides is 1. The zero-order valence-electron chi connectivity index (χ0n) is 14.0. The Morgan fingerprint density at radius 1 is 1.40 bits per heavy atom. The molecule has 1 saturated heterocycles. The normalized spacial score (nSPS) is 19.4. The van der Waals surface area contributed by atoms with Crippen molar-refractivity contribution in [2.24, 2.45) is 0 Å². The summed E-state index contributed by atoms with van der Waals surface area (Å²) >= 11 is 7.94. The van der Waals surface area contributed by atoms with Crippen LogP contribution in [-0.4, -0.2) is 40.4 Å². The largest absolute Gasteiger partial charge is 0.295 e. The van der Waals surface area contributed by atoms with Crippen LogP contribution in [0.15, 0.2) is 29.3 Å². The number of carbonyl (C=O) groups is 1. The van der Waals surface area contributed by atoms with Crippen LogP contribution in [-0.2, 0) is 4.79 Å². The summed E-state index contributed by atoms with van der Waals surface area (Å²) in [5, 5.41) is 3.78. The Labute approximate surface area is 156 Å². The standard InChI is InChI=1S/C18H19ClN4OS/c1-11-14-9-20-18(21-16(24)10-23-6-2-3-7-23)22-17(14)13-8-12(19)4-5-15(13)25-11/h4-5,8-9,11H,2-3,6-7,10H2,1H3,(H,20,21,22,24). The minimum Gasteiger partial charge on any atom is -0.295 e. The number of likely N-dealkylation sites (tertiary alicyclic amines) is 1. The fourth-order valence-electron chi connectivity index (χ4n) is 3.32. The van der Waals surface area contributed by atoms with Crippen LogP contribution in [0.1, 0.15) is 30.6 Å². The van der Waals surface area contributed by atoms with Gasteiger partial charge in [0.05, 0.1) is 12.2 Å². The number of nitrogens with one attached hydrogen (secondary N) is 1. The van der Waals surface area contributed by atoms with Crippen molar-refractivity contribution < 1.29 is 4.79 Å². The van der Waals surface area contributed by atoms with Crippen LogP contribution in [0.4, 0.5) is 5.95 Å². The highest BCUT2D eigenvalue weighted by Gasteiger charge is 2.25. The van der Waals surface area contributed by atoms with Gasteiger partial charge in [-0.3, -0.25) is 15.0 Å². The molecule has 0 spiro atoms. The number of nitrogens with zero attached hydrogens (tertiary/aromatic N) is 3. The first-order valence-electron chi connectivity index (χ1n) is 8.46. The number of fused-ring (bicyclic) bond motifs is 3. The van der Waals surface area contributed by atoms with Gasteiger partial charge in [0.1, 0.15) is 0 Å².